The Morgan fingerprint density at radius 1 is 1.11 bits per heavy atom. The molecule has 0 saturated carbocycles. The minimum Gasteiger partial charge on any atom is -0.354 e. The molecule has 2 aliphatic rings. The lowest BCUT2D eigenvalue weighted by molar-refractivity contribution is -0.141. The molecular weight excluding hydrogens is 357 g/mol. The van der Waals surface area contributed by atoms with Crippen molar-refractivity contribution in [3.63, 3.8) is 0 Å². The van der Waals surface area contributed by atoms with Gasteiger partial charge in [0, 0.05) is 45.2 Å². The first kappa shape index (κ1) is 19.9. The first-order chi connectivity index (χ1) is 12.8. The van der Waals surface area contributed by atoms with Crippen molar-refractivity contribution in [3.05, 3.63) is 23.9 Å². The van der Waals surface area contributed by atoms with Crippen molar-refractivity contribution in [3.8, 4) is 0 Å². The number of aromatic nitrogens is 1. The van der Waals surface area contributed by atoms with E-state index in [1.54, 1.807) is 6.07 Å². The fourth-order valence-electron chi connectivity index (χ4n) is 3.80. The van der Waals surface area contributed by atoms with Gasteiger partial charge in [-0.3, -0.25) is 9.69 Å². The number of carbonyl (C=O) groups is 1. The molecule has 8 heteroatoms. The summed E-state index contributed by atoms with van der Waals surface area (Å²) in [4.78, 5) is 21.8. The van der Waals surface area contributed by atoms with Gasteiger partial charge < -0.3 is 9.80 Å². The Hall–Kier alpha value is -1.83. The van der Waals surface area contributed by atoms with Gasteiger partial charge in [0.25, 0.3) is 0 Å². The highest BCUT2D eigenvalue weighted by molar-refractivity contribution is 5.78. The zero-order chi connectivity index (χ0) is 19.4. The number of hydrogen-bond acceptors (Lipinski definition) is 4. The van der Waals surface area contributed by atoms with E-state index in [4.69, 9.17) is 0 Å². The summed E-state index contributed by atoms with van der Waals surface area (Å²) in [5.41, 5.74) is -0.840. The standard InChI is InChI=1S/C19H27F3N4O/c1-15-7-8-18(27)26(15)10-3-2-9-24-11-13-25(14-12-24)17-6-4-5-16(23-17)19(20,21)22/h4-6,15H,2-3,7-14H2,1H3. The zero-order valence-corrected chi connectivity index (χ0v) is 15.7. The van der Waals surface area contributed by atoms with E-state index in [9.17, 15) is 18.0 Å². The summed E-state index contributed by atoms with van der Waals surface area (Å²) in [5.74, 6) is 0.663. The average Bonchev–Trinajstić information content (AvgIpc) is 2.97. The molecule has 0 radical (unpaired) electrons. The van der Waals surface area contributed by atoms with Crippen LogP contribution in [0.15, 0.2) is 18.2 Å². The molecule has 27 heavy (non-hydrogen) atoms. The molecule has 1 amide bonds. The fraction of sp³-hybridized carbons (Fsp3) is 0.684. The van der Waals surface area contributed by atoms with E-state index in [0.29, 0.717) is 31.4 Å². The Bertz CT molecular complexity index is 644. The van der Waals surface area contributed by atoms with Gasteiger partial charge in [-0.15, -0.1) is 0 Å². The van der Waals surface area contributed by atoms with Gasteiger partial charge in [-0.05, 0) is 44.9 Å². The van der Waals surface area contributed by atoms with Crippen molar-refractivity contribution in [1.29, 1.82) is 0 Å². The van der Waals surface area contributed by atoms with Crippen LogP contribution in [0.5, 0.6) is 0 Å². The van der Waals surface area contributed by atoms with E-state index in [1.165, 1.54) is 6.07 Å². The number of rotatable bonds is 6. The van der Waals surface area contributed by atoms with Crippen LogP contribution in [0.3, 0.4) is 0 Å². The van der Waals surface area contributed by atoms with Crippen molar-refractivity contribution >= 4 is 11.7 Å². The number of piperazine rings is 1. The number of hydrogen-bond donors (Lipinski definition) is 0. The average molecular weight is 384 g/mol. The Kier molecular flexibility index (Phi) is 6.24. The number of unbranched alkanes of at least 4 members (excludes halogenated alkanes) is 1. The highest BCUT2D eigenvalue weighted by atomic mass is 19.4. The van der Waals surface area contributed by atoms with Gasteiger partial charge in [0.05, 0.1) is 0 Å². The third-order valence-electron chi connectivity index (χ3n) is 5.47. The normalized spacial score (nSPS) is 21.9. The number of halogens is 3. The van der Waals surface area contributed by atoms with Gasteiger partial charge >= 0.3 is 6.18 Å². The maximum absolute atomic E-state index is 12.8. The van der Waals surface area contributed by atoms with Gasteiger partial charge in [-0.1, -0.05) is 6.07 Å². The van der Waals surface area contributed by atoms with Gasteiger partial charge in [0.1, 0.15) is 11.5 Å². The van der Waals surface area contributed by atoms with Gasteiger partial charge in [0.2, 0.25) is 5.91 Å². The third kappa shape index (κ3) is 5.12. The lowest BCUT2D eigenvalue weighted by Gasteiger charge is -2.35. The number of amides is 1. The van der Waals surface area contributed by atoms with Crippen LogP contribution in [-0.2, 0) is 11.0 Å². The molecule has 2 aliphatic heterocycles. The van der Waals surface area contributed by atoms with E-state index in [-0.39, 0.29) is 5.91 Å². The Morgan fingerprint density at radius 3 is 2.44 bits per heavy atom. The quantitative estimate of drug-likeness (QED) is 0.707. The van der Waals surface area contributed by atoms with Crippen molar-refractivity contribution < 1.29 is 18.0 Å². The second-order valence-electron chi connectivity index (χ2n) is 7.39. The van der Waals surface area contributed by atoms with E-state index < -0.39 is 11.9 Å². The molecule has 0 bridgehead atoms. The van der Waals surface area contributed by atoms with Crippen LogP contribution in [0.1, 0.15) is 38.3 Å². The summed E-state index contributed by atoms with van der Waals surface area (Å²) in [7, 11) is 0. The third-order valence-corrected chi connectivity index (χ3v) is 5.47. The summed E-state index contributed by atoms with van der Waals surface area (Å²) >= 11 is 0. The molecule has 3 rings (SSSR count). The maximum atomic E-state index is 12.8. The minimum absolute atomic E-state index is 0.268. The molecule has 1 aromatic rings. The predicted molar refractivity (Wildman–Crippen MR) is 97.5 cm³/mol. The fourth-order valence-corrected chi connectivity index (χ4v) is 3.80. The monoisotopic (exact) mass is 384 g/mol. The van der Waals surface area contributed by atoms with E-state index in [1.807, 2.05) is 9.80 Å². The number of carbonyl (C=O) groups excluding carboxylic acids is 1. The van der Waals surface area contributed by atoms with Crippen molar-refractivity contribution in [2.45, 2.75) is 44.8 Å². The molecule has 2 saturated heterocycles. The topological polar surface area (TPSA) is 39.7 Å². The highest BCUT2D eigenvalue weighted by Gasteiger charge is 2.33. The molecule has 0 N–H and O–H groups in total. The van der Waals surface area contributed by atoms with E-state index >= 15 is 0 Å². The van der Waals surface area contributed by atoms with Crippen LogP contribution in [0.25, 0.3) is 0 Å². The van der Waals surface area contributed by atoms with Crippen LogP contribution in [0.2, 0.25) is 0 Å². The number of pyridine rings is 1. The summed E-state index contributed by atoms with van der Waals surface area (Å²) in [6.45, 7) is 6.88. The molecule has 2 fully saturated rings. The number of alkyl halides is 3. The summed E-state index contributed by atoms with van der Waals surface area (Å²) < 4.78 is 38.5. The SMILES string of the molecule is CC1CCC(=O)N1CCCCN1CCN(c2cccc(C(F)(F)F)n2)CC1. The minimum atomic E-state index is -4.41. The molecule has 1 unspecified atom stereocenters. The Balaban J connectivity index is 1.40. The first-order valence-electron chi connectivity index (χ1n) is 9.65. The number of nitrogens with zero attached hydrogens (tertiary/aromatic N) is 4. The molecule has 0 spiro atoms. The highest BCUT2D eigenvalue weighted by Crippen LogP contribution is 2.29. The van der Waals surface area contributed by atoms with Crippen LogP contribution < -0.4 is 4.90 Å². The summed E-state index contributed by atoms with van der Waals surface area (Å²) in [6, 6.07) is 4.42. The first-order valence-corrected chi connectivity index (χ1v) is 9.65. The van der Waals surface area contributed by atoms with Crippen LogP contribution >= 0.6 is 0 Å². The van der Waals surface area contributed by atoms with Crippen molar-refractivity contribution in [2.75, 3.05) is 44.2 Å². The number of likely N-dealkylation sites (tertiary alicyclic amines) is 1. The summed E-state index contributed by atoms with van der Waals surface area (Å²) in [5, 5.41) is 0. The molecule has 1 aromatic heterocycles. The zero-order valence-electron chi connectivity index (χ0n) is 15.7. The van der Waals surface area contributed by atoms with Crippen molar-refractivity contribution in [2.24, 2.45) is 0 Å². The molecule has 150 valence electrons. The molecule has 0 aromatic carbocycles. The second kappa shape index (κ2) is 8.46. The largest absolute Gasteiger partial charge is 0.433 e. The number of anilines is 1. The summed E-state index contributed by atoms with van der Waals surface area (Å²) in [6.07, 6.45) is -0.757. The molecule has 5 nitrogen and oxygen atoms in total. The van der Waals surface area contributed by atoms with Crippen LogP contribution in [0, 0.1) is 0 Å². The van der Waals surface area contributed by atoms with Gasteiger partial charge in [0.15, 0.2) is 0 Å². The van der Waals surface area contributed by atoms with Crippen molar-refractivity contribution in [1.82, 2.24) is 14.8 Å². The predicted octanol–water partition coefficient (Wildman–Crippen LogP) is 3.01. The maximum Gasteiger partial charge on any atom is 0.433 e. The van der Waals surface area contributed by atoms with Gasteiger partial charge in [-0.2, -0.15) is 13.2 Å². The van der Waals surface area contributed by atoms with Crippen LogP contribution in [-0.4, -0.2) is 66.0 Å². The molecule has 0 aliphatic carbocycles. The van der Waals surface area contributed by atoms with Gasteiger partial charge in [-0.25, -0.2) is 4.98 Å². The Labute approximate surface area is 158 Å². The second-order valence-corrected chi connectivity index (χ2v) is 7.39. The molecule has 3 heterocycles. The molecular formula is C19H27F3N4O. The smallest absolute Gasteiger partial charge is 0.354 e. The van der Waals surface area contributed by atoms with Crippen LogP contribution in [0.4, 0.5) is 19.0 Å². The van der Waals surface area contributed by atoms with E-state index in [2.05, 4.69) is 16.8 Å². The molecule has 1 atom stereocenters. The lowest BCUT2D eigenvalue weighted by Crippen LogP contribution is -2.47. The van der Waals surface area contributed by atoms with E-state index in [0.717, 1.165) is 51.5 Å². The Morgan fingerprint density at radius 2 is 1.81 bits per heavy atom. The lowest BCUT2D eigenvalue weighted by atomic mass is 10.2.